The van der Waals surface area contributed by atoms with Crippen LogP contribution in [0.1, 0.15) is 43.2 Å². The molecule has 2 N–H and O–H groups in total. The number of aryl methyl sites for hydroxylation is 1. The molecular weight excluding hydrogens is 254 g/mol. The Morgan fingerprint density at radius 3 is 2.70 bits per heavy atom. The van der Waals surface area contributed by atoms with Gasteiger partial charge in [0, 0.05) is 24.8 Å². The number of aromatic nitrogens is 1. The number of pyridine rings is 1. The number of hydrogen-bond donors (Lipinski definition) is 2. The number of aromatic carboxylic acids is 1. The fourth-order valence-corrected chi connectivity index (χ4v) is 1.88. The summed E-state index contributed by atoms with van der Waals surface area (Å²) in [4.78, 5) is 17.7. The SMILES string of the molecule is CCc1cc(C(=O)O)cc(NCCN(C)C(C)CC)n1. The van der Waals surface area contributed by atoms with Gasteiger partial charge in [0.15, 0.2) is 0 Å². The quantitative estimate of drug-likeness (QED) is 0.765. The highest BCUT2D eigenvalue weighted by molar-refractivity contribution is 5.88. The van der Waals surface area contributed by atoms with Gasteiger partial charge in [0.25, 0.3) is 0 Å². The van der Waals surface area contributed by atoms with Crippen molar-refractivity contribution < 1.29 is 9.90 Å². The molecule has 0 saturated heterocycles. The van der Waals surface area contributed by atoms with Gasteiger partial charge in [-0.2, -0.15) is 0 Å². The second kappa shape index (κ2) is 7.85. The van der Waals surface area contributed by atoms with Crippen molar-refractivity contribution in [1.82, 2.24) is 9.88 Å². The molecule has 112 valence electrons. The van der Waals surface area contributed by atoms with Gasteiger partial charge in [0.1, 0.15) is 5.82 Å². The van der Waals surface area contributed by atoms with Gasteiger partial charge in [0.2, 0.25) is 0 Å². The van der Waals surface area contributed by atoms with E-state index in [0.717, 1.165) is 31.6 Å². The van der Waals surface area contributed by atoms with Crippen LogP contribution in [-0.2, 0) is 6.42 Å². The van der Waals surface area contributed by atoms with E-state index in [9.17, 15) is 4.79 Å². The van der Waals surface area contributed by atoms with Crippen LogP contribution in [-0.4, -0.2) is 47.1 Å². The third-order valence-electron chi connectivity index (χ3n) is 3.60. The van der Waals surface area contributed by atoms with Crippen LogP contribution in [0, 0.1) is 0 Å². The second-order valence-electron chi connectivity index (χ2n) is 5.06. The van der Waals surface area contributed by atoms with Crippen LogP contribution in [0.5, 0.6) is 0 Å². The van der Waals surface area contributed by atoms with Crippen molar-refractivity contribution in [2.24, 2.45) is 0 Å². The average Bonchev–Trinajstić information content (AvgIpc) is 2.45. The normalized spacial score (nSPS) is 12.4. The zero-order chi connectivity index (χ0) is 15.1. The highest BCUT2D eigenvalue weighted by Gasteiger charge is 2.09. The predicted molar refractivity (Wildman–Crippen MR) is 81.4 cm³/mol. The molecule has 0 aromatic carbocycles. The molecule has 0 aliphatic carbocycles. The fraction of sp³-hybridized carbons (Fsp3) is 0.600. The van der Waals surface area contributed by atoms with Crippen molar-refractivity contribution in [2.45, 2.75) is 39.7 Å². The lowest BCUT2D eigenvalue weighted by atomic mass is 10.2. The molecule has 1 atom stereocenters. The van der Waals surface area contributed by atoms with E-state index < -0.39 is 5.97 Å². The molecule has 5 nitrogen and oxygen atoms in total. The number of hydrogen-bond acceptors (Lipinski definition) is 4. The number of carbonyl (C=O) groups is 1. The molecule has 1 aromatic heterocycles. The number of carboxylic acid groups (broad SMARTS) is 1. The lowest BCUT2D eigenvalue weighted by Crippen LogP contribution is -2.32. The number of nitrogens with one attached hydrogen (secondary N) is 1. The molecule has 0 aliphatic rings. The Morgan fingerprint density at radius 1 is 1.45 bits per heavy atom. The van der Waals surface area contributed by atoms with Crippen molar-refractivity contribution in [2.75, 3.05) is 25.5 Å². The summed E-state index contributed by atoms with van der Waals surface area (Å²) in [5, 5.41) is 12.3. The van der Waals surface area contributed by atoms with E-state index in [-0.39, 0.29) is 5.56 Å². The standard InChI is InChI=1S/C15H25N3O2/c1-5-11(3)18(4)8-7-16-14-10-12(15(19)20)9-13(6-2)17-14/h9-11H,5-8H2,1-4H3,(H,16,17)(H,19,20). The Labute approximate surface area is 121 Å². The highest BCUT2D eigenvalue weighted by atomic mass is 16.4. The van der Waals surface area contributed by atoms with Crippen molar-refractivity contribution in [1.29, 1.82) is 0 Å². The highest BCUT2D eigenvalue weighted by Crippen LogP contribution is 2.11. The maximum absolute atomic E-state index is 11.1. The Hall–Kier alpha value is -1.62. The molecule has 1 rings (SSSR count). The first-order chi connectivity index (χ1) is 9.47. The topological polar surface area (TPSA) is 65.5 Å². The van der Waals surface area contributed by atoms with Gasteiger partial charge in [-0.25, -0.2) is 9.78 Å². The van der Waals surface area contributed by atoms with Crippen LogP contribution in [0.3, 0.4) is 0 Å². The molecule has 1 heterocycles. The number of rotatable bonds is 8. The molecular formula is C15H25N3O2. The Morgan fingerprint density at radius 2 is 2.15 bits per heavy atom. The third-order valence-corrected chi connectivity index (χ3v) is 3.60. The van der Waals surface area contributed by atoms with Crippen molar-refractivity contribution >= 4 is 11.8 Å². The van der Waals surface area contributed by atoms with Crippen LogP contribution in [0.15, 0.2) is 12.1 Å². The molecule has 0 fully saturated rings. The molecule has 0 saturated carbocycles. The predicted octanol–water partition coefficient (Wildman–Crippen LogP) is 2.48. The first-order valence-corrected chi connectivity index (χ1v) is 7.16. The molecule has 1 unspecified atom stereocenters. The summed E-state index contributed by atoms with van der Waals surface area (Å²) in [5.41, 5.74) is 1.08. The van der Waals surface area contributed by atoms with Gasteiger partial charge in [0.05, 0.1) is 5.56 Å². The largest absolute Gasteiger partial charge is 0.478 e. The number of likely N-dealkylation sites (N-methyl/N-ethyl adjacent to an activating group) is 1. The molecule has 0 spiro atoms. The maximum Gasteiger partial charge on any atom is 0.335 e. The zero-order valence-corrected chi connectivity index (χ0v) is 12.8. The molecule has 0 amide bonds. The van der Waals surface area contributed by atoms with Crippen molar-refractivity contribution in [3.63, 3.8) is 0 Å². The summed E-state index contributed by atoms with van der Waals surface area (Å²) in [6.45, 7) is 7.97. The maximum atomic E-state index is 11.1. The lowest BCUT2D eigenvalue weighted by molar-refractivity contribution is 0.0696. The van der Waals surface area contributed by atoms with Gasteiger partial charge in [-0.1, -0.05) is 13.8 Å². The van der Waals surface area contributed by atoms with Gasteiger partial charge in [-0.05, 0) is 38.9 Å². The summed E-state index contributed by atoms with van der Waals surface area (Å²) in [6, 6.07) is 3.75. The van der Waals surface area contributed by atoms with E-state index in [1.54, 1.807) is 12.1 Å². The van der Waals surface area contributed by atoms with E-state index in [2.05, 4.69) is 36.1 Å². The van der Waals surface area contributed by atoms with Crippen LogP contribution < -0.4 is 5.32 Å². The smallest absolute Gasteiger partial charge is 0.335 e. The summed E-state index contributed by atoms with van der Waals surface area (Å²) in [7, 11) is 2.09. The Bertz CT molecular complexity index is 449. The number of anilines is 1. The van der Waals surface area contributed by atoms with E-state index >= 15 is 0 Å². The molecule has 0 bridgehead atoms. The van der Waals surface area contributed by atoms with Gasteiger partial charge in [-0.15, -0.1) is 0 Å². The minimum atomic E-state index is -0.915. The summed E-state index contributed by atoms with van der Waals surface area (Å²) in [5.74, 6) is -0.277. The van der Waals surface area contributed by atoms with E-state index in [0.29, 0.717) is 11.9 Å². The van der Waals surface area contributed by atoms with Crippen LogP contribution in [0.25, 0.3) is 0 Å². The Kier molecular flexibility index (Phi) is 6.45. The van der Waals surface area contributed by atoms with Crippen LogP contribution in [0.2, 0.25) is 0 Å². The zero-order valence-electron chi connectivity index (χ0n) is 12.8. The van der Waals surface area contributed by atoms with Crippen LogP contribution >= 0.6 is 0 Å². The molecule has 0 aliphatic heterocycles. The van der Waals surface area contributed by atoms with Gasteiger partial charge >= 0.3 is 5.97 Å². The van der Waals surface area contributed by atoms with E-state index in [1.807, 2.05) is 6.92 Å². The number of carboxylic acids is 1. The van der Waals surface area contributed by atoms with Gasteiger partial charge < -0.3 is 15.3 Å². The van der Waals surface area contributed by atoms with E-state index in [1.165, 1.54) is 0 Å². The lowest BCUT2D eigenvalue weighted by Gasteiger charge is -2.23. The summed E-state index contributed by atoms with van der Waals surface area (Å²) in [6.07, 6.45) is 1.84. The van der Waals surface area contributed by atoms with Crippen molar-refractivity contribution in [3.05, 3.63) is 23.4 Å². The molecule has 5 heteroatoms. The van der Waals surface area contributed by atoms with Crippen molar-refractivity contribution in [3.8, 4) is 0 Å². The minimum Gasteiger partial charge on any atom is -0.478 e. The monoisotopic (exact) mass is 279 g/mol. The second-order valence-corrected chi connectivity index (χ2v) is 5.06. The molecule has 1 aromatic rings. The summed E-state index contributed by atoms with van der Waals surface area (Å²) >= 11 is 0. The fourth-order valence-electron chi connectivity index (χ4n) is 1.88. The van der Waals surface area contributed by atoms with E-state index in [4.69, 9.17) is 5.11 Å². The average molecular weight is 279 g/mol. The summed E-state index contributed by atoms with van der Waals surface area (Å²) < 4.78 is 0. The first kappa shape index (κ1) is 16.4. The Balaban J connectivity index is 2.63. The number of nitrogens with zero attached hydrogens (tertiary/aromatic N) is 2. The van der Waals surface area contributed by atoms with Gasteiger partial charge in [-0.3, -0.25) is 0 Å². The molecule has 20 heavy (non-hydrogen) atoms. The van der Waals surface area contributed by atoms with Crippen LogP contribution in [0.4, 0.5) is 5.82 Å². The minimum absolute atomic E-state index is 0.287. The first-order valence-electron chi connectivity index (χ1n) is 7.16. The third kappa shape index (κ3) is 4.81. The molecule has 0 radical (unpaired) electrons.